The van der Waals surface area contributed by atoms with E-state index in [1.54, 1.807) is 0 Å². The molecule has 41 heavy (non-hydrogen) atoms. The van der Waals surface area contributed by atoms with Gasteiger partial charge in [0.15, 0.2) is 0 Å². The molecule has 0 fully saturated rings. The summed E-state index contributed by atoms with van der Waals surface area (Å²) in [5, 5.41) is 0. The summed E-state index contributed by atoms with van der Waals surface area (Å²) in [5.41, 5.74) is 13.7. The summed E-state index contributed by atoms with van der Waals surface area (Å²) < 4.78 is 15.5. The van der Waals surface area contributed by atoms with Gasteiger partial charge in [-0.25, -0.2) is 0 Å². The van der Waals surface area contributed by atoms with Crippen LogP contribution in [-0.2, 0) is 15.1 Å². The molecule has 0 aliphatic heterocycles. The Balaban J connectivity index is 1.60. The Bertz CT molecular complexity index is 1780. The third-order valence-corrected chi connectivity index (χ3v) is 47.2. The second-order valence-corrected chi connectivity index (χ2v) is 70.4. The minimum atomic E-state index is -5.21. The van der Waals surface area contributed by atoms with Crippen molar-refractivity contribution >= 4 is 16.4 Å². The van der Waals surface area contributed by atoms with Gasteiger partial charge in [0.05, 0.1) is 0 Å². The van der Waals surface area contributed by atoms with E-state index >= 15 is 0 Å². The van der Waals surface area contributed by atoms with Gasteiger partial charge in [-0.2, -0.15) is 0 Å². The second-order valence-electron chi connectivity index (χ2n) is 17.1. The van der Waals surface area contributed by atoms with E-state index < -0.39 is 15.1 Å². The zero-order chi connectivity index (χ0) is 29.3. The molecule has 6 rings (SSSR count). The number of hydrogen-bond donors (Lipinski definition) is 0. The van der Waals surface area contributed by atoms with Gasteiger partial charge < -0.3 is 0 Å². The molecule has 0 saturated heterocycles. The number of benzene rings is 4. The quantitative estimate of drug-likeness (QED) is 0.175. The Morgan fingerprint density at radius 2 is 0.976 bits per heavy atom. The molecule has 0 saturated carbocycles. The van der Waals surface area contributed by atoms with Crippen LogP contribution in [0.25, 0.3) is 34.4 Å². The topological polar surface area (TPSA) is 0 Å². The Morgan fingerprint density at radius 1 is 0.585 bits per heavy atom. The van der Waals surface area contributed by atoms with Crippen LogP contribution in [0.5, 0.6) is 0 Å². The van der Waals surface area contributed by atoms with Crippen LogP contribution in [0.3, 0.4) is 0 Å². The normalized spacial score (nSPS) is 20.2. The molecule has 0 nitrogen and oxygen atoms in total. The fourth-order valence-corrected chi connectivity index (χ4v) is 47.9. The number of fused-ring (bicyclic) bond motifs is 2. The predicted octanol–water partition coefficient (Wildman–Crippen LogP) is 11.9. The van der Waals surface area contributed by atoms with E-state index in [0.717, 1.165) is 4.18 Å². The van der Waals surface area contributed by atoms with Gasteiger partial charge in [-0.1, -0.05) is 0 Å². The summed E-state index contributed by atoms with van der Waals surface area (Å²) in [7, 11) is 0. The van der Waals surface area contributed by atoms with Gasteiger partial charge in [-0.05, 0) is 0 Å². The molecule has 0 heterocycles. The molecule has 2 atom stereocenters. The molecule has 2 unspecified atom stereocenters. The molecule has 0 bridgehead atoms. The van der Waals surface area contributed by atoms with E-state index in [4.69, 9.17) is 4.26 Å². The van der Waals surface area contributed by atoms with Crippen LogP contribution in [0.2, 0.25) is 18.2 Å². The van der Waals surface area contributed by atoms with Crippen LogP contribution in [0.4, 0.5) is 0 Å². The fraction of sp³-hybridized carbons (Fsp3) is 0.275. The van der Waals surface area contributed by atoms with Crippen molar-refractivity contribution in [3.63, 3.8) is 0 Å². The molecule has 1 heteroatoms. The van der Waals surface area contributed by atoms with Crippen molar-refractivity contribution in [1.82, 2.24) is 0 Å². The van der Waals surface area contributed by atoms with Crippen LogP contribution in [-0.4, -0.2) is 4.26 Å². The molecular weight excluding hydrogens is 659 g/mol. The molecule has 0 radical (unpaired) electrons. The maximum atomic E-state index is 5.70. The monoisotopic (exact) mass is 706 g/mol. The van der Waals surface area contributed by atoms with Gasteiger partial charge >= 0.3 is 243 Å². The summed E-state index contributed by atoms with van der Waals surface area (Å²) in [6, 6.07) is 31.6. The number of aryl methyl sites for hydroxylation is 2. The minimum absolute atomic E-state index is 0.295. The fourth-order valence-electron chi connectivity index (χ4n) is 9.84. The van der Waals surface area contributed by atoms with E-state index in [0.29, 0.717) is 13.3 Å². The molecule has 0 N–H and O–H groups in total. The van der Waals surface area contributed by atoms with Gasteiger partial charge in [0.2, 0.25) is 0 Å². The molecule has 4 aromatic carbocycles. The summed E-state index contributed by atoms with van der Waals surface area (Å²) in [6.07, 6.45) is 9.98. The summed E-state index contributed by atoms with van der Waals surface area (Å²) in [6.45, 7) is 9.26. The van der Waals surface area contributed by atoms with E-state index in [2.05, 4.69) is 151 Å². The summed E-state index contributed by atoms with van der Waals surface area (Å²) >= 11 is -5.21. The standard InChI is InChI=1S/2C16H13.C4H9.3CH3.CH2.Hf/c2*1-12-6-2-3-9-14(12)16-11-5-8-13-7-4-10-15(13)16;1-4(2)3;;;;;/h2*2-11H,1H3;4H,1H2,2-3H3;3*1H3;1H2;. The van der Waals surface area contributed by atoms with Crippen molar-refractivity contribution in [2.75, 3.05) is 0 Å². The van der Waals surface area contributed by atoms with E-state index in [1.165, 1.54) is 55.6 Å². The van der Waals surface area contributed by atoms with Crippen LogP contribution >= 0.6 is 0 Å². The number of hydrogen-bond acceptors (Lipinski definition) is 0. The average molecular weight is 705 g/mol. The molecule has 2 aliphatic rings. The van der Waals surface area contributed by atoms with Gasteiger partial charge in [-0.3, -0.25) is 0 Å². The molecule has 210 valence electrons. The predicted molar refractivity (Wildman–Crippen MR) is 181 cm³/mol. The Morgan fingerprint density at radius 3 is 1.37 bits per heavy atom. The molecule has 2 aliphatic carbocycles. The van der Waals surface area contributed by atoms with Crippen LogP contribution in [0.1, 0.15) is 54.6 Å². The molecule has 0 aromatic heterocycles. The van der Waals surface area contributed by atoms with E-state index in [-0.39, 0.29) is 0 Å². The number of allylic oxidation sites excluding steroid dienone is 2. The van der Waals surface area contributed by atoms with Gasteiger partial charge in [0.25, 0.3) is 0 Å². The molecular formula is C40H46Hf. The first kappa shape index (κ1) is 28.2. The molecule has 0 spiro atoms. The Kier molecular flexibility index (Phi) is 5.75. The van der Waals surface area contributed by atoms with Crippen LogP contribution in [0.15, 0.2) is 97.1 Å². The van der Waals surface area contributed by atoms with E-state index in [9.17, 15) is 0 Å². The van der Waals surface area contributed by atoms with Crippen molar-refractivity contribution in [1.29, 1.82) is 0 Å². The van der Waals surface area contributed by atoms with Crippen molar-refractivity contribution < 1.29 is 15.1 Å². The first-order chi connectivity index (χ1) is 19.2. The first-order valence-corrected chi connectivity index (χ1v) is 35.5. The van der Waals surface area contributed by atoms with E-state index in [1.807, 2.05) is 0 Å². The van der Waals surface area contributed by atoms with Crippen molar-refractivity contribution in [3.8, 4) is 22.3 Å². The average Bonchev–Trinajstić information content (AvgIpc) is 3.55. The van der Waals surface area contributed by atoms with Crippen LogP contribution < -0.4 is 0 Å². The summed E-state index contributed by atoms with van der Waals surface area (Å²) in [4.78, 5) is 0. The Labute approximate surface area is 242 Å². The van der Waals surface area contributed by atoms with Gasteiger partial charge in [0.1, 0.15) is 0 Å². The zero-order valence-electron chi connectivity index (χ0n) is 26.0. The van der Waals surface area contributed by atoms with Crippen LogP contribution in [0, 0.1) is 19.8 Å². The zero-order valence-corrected chi connectivity index (χ0v) is 29.6. The Hall–Kier alpha value is -2.90. The maximum absolute atomic E-state index is 5.70. The second kappa shape index (κ2) is 8.35. The van der Waals surface area contributed by atoms with Crippen molar-refractivity contribution in [3.05, 3.63) is 130 Å². The summed E-state index contributed by atoms with van der Waals surface area (Å²) in [5.74, 6) is 0.534. The van der Waals surface area contributed by atoms with Gasteiger partial charge in [-0.15, -0.1) is 0 Å². The SMILES string of the molecule is [CH2]=[Hf]([CH3])([CH3])([CH3])([CH2]C(C)C)([CH]1C=Cc2c(-c3ccccc3C)cccc21)[CH]1C=Cc2c(-c3ccccc3C)cccc21. The molecule has 4 aromatic rings. The van der Waals surface area contributed by atoms with Gasteiger partial charge in [0, 0.05) is 0 Å². The number of rotatable bonds is 6. The van der Waals surface area contributed by atoms with Crippen molar-refractivity contribution in [2.24, 2.45) is 5.92 Å². The third-order valence-electron chi connectivity index (χ3n) is 11.2. The first-order valence-electron chi connectivity index (χ1n) is 15.5. The third kappa shape index (κ3) is 4.14. The molecule has 0 amide bonds. The van der Waals surface area contributed by atoms with Crippen molar-refractivity contribution in [2.45, 2.75) is 53.3 Å².